The van der Waals surface area contributed by atoms with Gasteiger partial charge in [0.1, 0.15) is 0 Å². The second kappa shape index (κ2) is 6.26. The first-order chi connectivity index (χ1) is 8.81. The lowest BCUT2D eigenvalue weighted by Gasteiger charge is -1.95. The zero-order chi connectivity index (χ0) is 12.8. The first-order valence-corrected chi connectivity index (χ1v) is 6.15. The maximum absolute atomic E-state index is 12.8. The molecule has 1 heterocycles. The Morgan fingerprint density at radius 2 is 1.83 bits per heavy atom. The second-order valence-corrected chi connectivity index (χ2v) is 4.35. The number of nitrogens with zero attached hydrogens (tertiary/aromatic N) is 1. The fraction of sp³-hybridized carbons (Fsp3) is 0.267. The van der Waals surface area contributed by atoms with Crippen LogP contribution in [0.3, 0.4) is 0 Å². The molecule has 1 fully saturated rings. The number of nitrogens with two attached hydrogens (primary N) is 1. The van der Waals surface area contributed by atoms with E-state index in [1.807, 2.05) is 36.4 Å². The van der Waals surface area contributed by atoms with Crippen LogP contribution in [0.4, 0.5) is 4.39 Å². The summed E-state index contributed by atoms with van der Waals surface area (Å²) in [6.07, 6.45) is 3.74. The van der Waals surface area contributed by atoms with Crippen LogP contribution in [0, 0.1) is 5.95 Å². The fourth-order valence-corrected chi connectivity index (χ4v) is 1.71. The van der Waals surface area contributed by atoms with Crippen LogP contribution in [0.15, 0.2) is 48.7 Å². The van der Waals surface area contributed by atoms with Gasteiger partial charge in [0.15, 0.2) is 0 Å². The Kier molecular flexibility index (Phi) is 4.42. The maximum Gasteiger partial charge on any atom is 0.216 e. The van der Waals surface area contributed by atoms with Gasteiger partial charge in [0.05, 0.1) is 0 Å². The molecule has 94 valence electrons. The summed E-state index contributed by atoms with van der Waals surface area (Å²) in [7, 11) is 0. The molecule has 0 amide bonds. The van der Waals surface area contributed by atoms with Gasteiger partial charge in [0.2, 0.25) is 5.95 Å². The number of halogens is 1. The summed E-state index contributed by atoms with van der Waals surface area (Å²) in [6, 6.07) is 13.6. The van der Waals surface area contributed by atoms with Crippen LogP contribution in [0.2, 0.25) is 0 Å². The van der Waals surface area contributed by atoms with Gasteiger partial charge < -0.3 is 5.73 Å². The predicted molar refractivity (Wildman–Crippen MR) is 70.5 cm³/mol. The molecule has 1 aromatic carbocycles. The minimum atomic E-state index is -0.287. The molecule has 18 heavy (non-hydrogen) atoms. The van der Waals surface area contributed by atoms with E-state index in [2.05, 4.69) is 4.98 Å². The van der Waals surface area contributed by atoms with E-state index in [9.17, 15) is 4.39 Å². The summed E-state index contributed by atoms with van der Waals surface area (Å²) >= 11 is 0. The molecular weight excluding hydrogens is 227 g/mol. The number of benzene rings is 1. The van der Waals surface area contributed by atoms with Gasteiger partial charge in [-0.05, 0) is 30.4 Å². The Morgan fingerprint density at radius 1 is 1.11 bits per heavy atom. The Labute approximate surface area is 107 Å². The van der Waals surface area contributed by atoms with Crippen LogP contribution in [-0.4, -0.2) is 4.98 Å². The first-order valence-electron chi connectivity index (χ1n) is 6.15. The highest BCUT2D eigenvalue weighted by atomic mass is 19.1. The van der Waals surface area contributed by atoms with Gasteiger partial charge in [0, 0.05) is 18.3 Å². The first kappa shape index (κ1) is 12.7. The van der Waals surface area contributed by atoms with Crippen molar-refractivity contribution in [3.63, 3.8) is 0 Å². The largest absolute Gasteiger partial charge is 0.326 e. The normalized spacial score (nSPS) is 13.7. The molecule has 0 radical (unpaired) electrons. The number of hydrogen-bond donors (Lipinski definition) is 1. The monoisotopic (exact) mass is 244 g/mol. The van der Waals surface area contributed by atoms with E-state index in [4.69, 9.17) is 5.73 Å². The lowest BCUT2D eigenvalue weighted by molar-refractivity contribution is 0.567. The van der Waals surface area contributed by atoms with Crippen molar-refractivity contribution < 1.29 is 4.39 Å². The van der Waals surface area contributed by atoms with E-state index >= 15 is 0 Å². The minimum Gasteiger partial charge on any atom is -0.326 e. The molecular formula is C15H17FN2. The van der Waals surface area contributed by atoms with Gasteiger partial charge in [0.25, 0.3) is 0 Å². The number of aromatic nitrogens is 1. The van der Waals surface area contributed by atoms with Crippen molar-refractivity contribution in [1.82, 2.24) is 4.98 Å². The molecule has 2 N–H and O–H groups in total. The van der Waals surface area contributed by atoms with Crippen LogP contribution >= 0.6 is 0 Å². The van der Waals surface area contributed by atoms with Gasteiger partial charge in [-0.25, -0.2) is 4.98 Å². The van der Waals surface area contributed by atoms with Crippen LogP contribution in [0.1, 0.15) is 29.9 Å². The second-order valence-electron chi connectivity index (χ2n) is 4.35. The van der Waals surface area contributed by atoms with Crippen LogP contribution in [-0.2, 0) is 6.54 Å². The van der Waals surface area contributed by atoms with Crippen molar-refractivity contribution in [2.45, 2.75) is 25.3 Å². The van der Waals surface area contributed by atoms with Crippen molar-refractivity contribution >= 4 is 0 Å². The molecule has 3 heteroatoms. The number of pyridine rings is 1. The predicted octanol–water partition coefficient (Wildman–Crippen LogP) is 3.24. The van der Waals surface area contributed by atoms with Crippen LogP contribution in [0.25, 0.3) is 0 Å². The number of rotatable bonds is 2. The molecule has 0 saturated heterocycles. The van der Waals surface area contributed by atoms with E-state index in [0.29, 0.717) is 12.5 Å². The Bertz CT molecular complexity index is 481. The summed E-state index contributed by atoms with van der Waals surface area (Å²) < 4.78 is 12.8. The zero-order valence-corrected chi connectivity index (χ0v) is 10.2. The van der Waals surface area contributed by atoms with E-state index < -0.39 is 0 Å². The summed E-state index contributed by atoms with van der Waals surface area (Å²) in [5.74, 6) is 0.179. The van der Waals surface area contributed by atoms with Gasteiger partial charge in [-0.1, -0.05) is 36.4 Å². The summed E-state index contributed by atoms with van der Waals surface area (Å²) in [5.41, 5.74) is 7.33. The summed E-state index contributed by atoms with van der Waals surface area (Å²) in [4.78, 5) is 3.57. The maximum atomic E-state index is 12.8. The quantitative estimate of drug-likeness (QED) is 0.824. The van der Waals surface area contributed by atoms with Crippen molar-refractivity contribution in [2.24, 2.45) is 5.73 Å². The Hall–Kier alpha value is -1.74. The molecule has 1 aliphatic rings. The molecule has 0 unspecified atom stereocenters. The van der Waals surface area contributed by atoms with Gasteiger partial charge in [-0.2, -0.15) is 4.39 Å². The van der Waals surface area contributed by atoms with Gasteiger partial charge >= 0.3 is 0 Å². The SMILES string of the molecule is Fc1ncccc1C1CC1.NCc1ccccc1. The van der Waals surface area contributed by atoms with E-state index in [-0.39, 0.29) is 5.95 Å². The third-order valence-electron chi connectivity index (χ3n) is 2.88. The summed E-state index contributed by atoms with van der Waals surface area (Å²) in [6.45, 7) is 0.640. The molecule has 0 atom stereocenters. The lowest BCUT2D eigenvalue weighted by Crippen LogP contribution is -1.94. The molecule has 1 aliphatic carbocycles. The van der Waals surface area contributed by atoms with E-state index in [0.717, 1.165) is 18.4 Å². The highest BCUT2D eigenvalue weighted by molar-refractivity contribution is 5.20. The zero-order valence-electron chi connectivity index (χ0n) is 10.2. The van der Waals surface area contributed by atoms with Gasteiger partial charge in [-0.3, -0.25) is 0 Å². The lowest BCUT2D eigenvalue weighted by atomic mass is 10.2. The Balaban J connectivity index is 0.000000138. The molecule has 3 rings (SSSR count). The van der Waals surface area contributed by atoms with E-state index in [1.54, 1.807) is 6.07 Å². The summed E-state index contributed by atoms with van der Waals surface area (Å²) in [5, 5.41) is 0. The standard InChI is InChI=1S/C8H8FN.C7H9N/c9-8-7(6-3-4-6)2-1-5-10-8;8-6-7-4-2-1-3-5-7/h1-2,5-6H,3-4H2;1-5H,6,8H2. The van der Waals surface area contributed by atoms with Crippen LogP contribution in [0.5, 0.6) is 0 Å². The van der Waals surface area contributed by atoms with Crippen molar-refractivity contribution in [3.05, 3.63) is 65.7 Å². The highest BCUT2D eigenvalue weighted by Gasteiger charge is 2.26. The average molecular weight is 244 g/mol. The molecule has 2 aromatic rings. The Morgan fingerprint density at radius 3 is 2.33 bits per heavy atom. The average Bonchev–Trinajstić information content (AvgIpc) is 3.25. The van der Waals surface area contributed by atoms with Crippen molar-refractivity contribution in [3.8, 4) is 0 Å². The molecule has 1 saturated carbocycles. The molecule has 2 nitrogen and oxygen atoms in total. The van der Waals surface area contributed by atoms with Crippen molar-refractivity contribution in [1.29, 1.82) is 0 Å². The highest BCUT2D eigenvalue weighted by Crippen LogP contribution is 2.40. The van der Waals surface area contributed by atoms with Gasteiger partial charge in [-0.15, -0.1) is 0 Å². The topological polar surface area (TPSA) is 38.9 Å². The third-order valence-corrected chi connectivity index (χ3v) is 2.88. The molecule has 0 spiro atoms. The van der Waals surface area contributed by atoms with Crippen LogP contribution < -0.4 is 5.73 Å². The molecule has 0 bridgehead atoms. The number of hydrogen-bond acceptors (Lipinski definition) is 2. The molecule has 0 aliphatic heterocycles. The van der Waals surface area contributed by atoms with E-state index in [1.165, 1.54) is 11.8 Å². The van der Waals surface area contributed by atoms with Crippen molar-refractivity contribution in [2.75, 3.05) is 0 Å². The third kappa shape index (κ3) is 3.64. The smallest absolute Gasteiger partial charge is 0.216 e. The fourth-order valence-electron chi connectivity index (χ4n) is 1.71. The minimum absolute atomic E-state index is 0.287. The molecule has 1 aromatic heterocycles.